The lowest BCUT2D eigenvalue weighted by Crippen LogP contribution is -2.39. The van der Waals surface area contributed by atoms with Crippen molar-refractivity contribution in [3.05, 3.63) is 35.7 Å². The molecule has 1 aromatic carbocycles. The van der Waals surface area contributed by atoms with Gasteiger partial charge in [0.05, 0.1) is 18.5 Å². The zero-order valence-electron chi connectivity index (χ0n) is 12.8. The van der Waals surface area contributed by atoms with Gasteiger partial charge < -0.3 is 9.72 Å². The summed E-state index contributed by atoms with van der Waals surface area (Å²) >= 11 is 2.08. The number of fused-ring (bicyclic) bond motifs is 1. The van der Waals surface area contributed by atoms with Crippen LogP contribution >= 0.6 is 11.8 Å². The second kappa shape index (κ2) is 5.97. The summed E-state index contributed by atoms with van der Waals surface area (Å²) in [6.45, 7) is 2.16. The molecule has 0 radical (unpaired) electrons. The molecule has 0 saturated carbocycles. The van der Waals surface area contributed by atoms with Crippen molar-refractivity contribution in [3.63, 3.8) is 0 Å². The molecule has 1 unspecified atom stereocenters. The highest BCUT2D eigenvalue weighted by Gasteiger charge is 2.28. The Labute approximate surface area is 135 Å². The molecule has 1 fully saturated rings. The van der Waals surface area contributed by atoms with Crippen molar-refractivity contribution in [2.24, 2.45) is 0 Å². The maximum atomic E-state index is 5.22. The predicted molar refractivity (Wildman–Crippen MR) is 90.4 cm³/mol. The molecule has 4 nitrogen and oxygen atoms in total. The number of aromatic amines is 1. The van der Waals surface area contributed by atoms with Gasteiger partial charge in [0.1, 0.15) is 11.6 Å². The molecule has 0 spiro atoms. The largest absolute Gasteiger partial charge is 0.497 e. The van der Waals surface area contributed by atoms with E-state index >= 15 is 0 Å². The van der Waals surface area contributed by atoms with Crippen LogP contribution in [0.5, 0.6) is 5.75 Å². The van der Waals surface area contributed by atoms with Crippen molar-refractivity contribution >= 4 is 11.8 Å². The first kappa shape index (κ1) is 14.2. The lowest BCUT2D eigenvalue weighted by Gasteiger charge is -2.31. The maximum Gasteiger partial charge on any atom is 0.137 e. The monoisotopic (exact) mass is 315 g/mol. The molecule has 2 aromatic rings. The number of methoxy groups -OCH3 is 1. The molecule has 4 rings (SSSR count). The SMILES string of the molecule is COc1ccc(-c2nc3c([nH]2)CN(C2CCSC2)CC3)cc1. The van der Waals surface area contributed by atoms with Crippen molar-refractivity contribution in [2.75, 3.05) is 25.2 Å². The van der Waals surface area contributed by atoms with E-state index in [-0.39, 0.29) is 0 Å². The number of ether oxygens (including phenoxy) is 1. The summed E-state index contributed by atoms with van der Waals surface area (Å²) in [5.74, 6) is 4.46. The highest BCUT2D eigenvalue weighted by molar-refractivity contribution is 7.99. The predicted octanol–water partition coefficient (Wildman–Crippen LogP) is 2.95. The highest BCUT2D eigenvalue weighted by atomic mass is 32.2. The van der Waals surface area contributed by atoms with E-state index in [1.165, 1.54) is 29.3 Å². The van der Waals surface area contributed by atoms with Gasteiger partial charge in [-0.2, -0.15) is 11.8 Å². The molecule has 0 bridgehead atoms. The van der Waals surface area contributed by atoms with Crippen LogP contribution in [0.15, 0.2) is 24.3 Å². The fourth-order valence-corrected chi connectivity index (χ4v) is 4.58. The Morgan fingerprint density at radius 3 is 2.91 bits per heavy atom. The van der Waals surface area contributed by atoms with E-state index in [0.29, 0.717) is 0 Å². The number of nitrogens with zero attached hydrogens (tertiary/aromatic N) is 2. The third-order valence-electron chi connectivity index (χ3n) is 4.65. The molecule has 1 atom stereocenters. The first-order valence-corrected chi connectivity index (χ1v) is 9.03. The minimum Gasteiger partial charge on any atom is -0.497 e. The number of nitrogens with one attached hydrogen (secondary N) is 1. The summed E-state index contributed by atoms with van der Waals surface area (Å²) in [5.41, 5.74) is 3.67. The summed E-state index contributed by atoms with van der Waals surface area (Å²) in [4.78, 5) is 11.0. The van der Waals surface area contributed by atoms with Crippen LogP contribution in [0.25, 0.3) is 11.4 Å². The van der Waals surface area contributed by atoms with Crippen LogP contribution < -0.4 is 4.74 Å². The summed E-state index contributed by atoms with van der Waals surface area (Å²) in [6.07, 6.45) is 2.39. The van der Waals surface area contributed by atoms with Gasteiger partial charge in [0, 0.05) is 36.9 Å². The Bertz CT molecular complexity index is 646. The molecule has 5 heteroatoms. The molecule has 2 aliphatic rings. The zero-order chi connectivity index (χ0) is 14.9. The summed E-state index contributed by atoms with van der Waals surface area (Å²) in [5, 5.41) is 0. The molecular weight excluding hydrogens is 294 g/mol. The van der Waals surface area contributed by atoms with Crippen LogP contribution in [0, 0.1) is 0 Å². The number of thioether (sulfide) groups is 1. The molecular formula is C17H21N3OS. The molecule has 1 aromatic heterocycles. The summed E-state index contributed by atoms with van der Waals surface area (Å²) < 4.78 is 5.22. The molecule has 0 aliphatic carbocycles. The number of benzene rings is 1. The van der Waals surface area contributed by atoms with Gasteiger partial charge in [-0.25, -0.2) is 4.98 Å². The summed E-state index contributed by atoms with van der Waals surface area (Å²) in [7, 11) is 1.69. The third kappa shape index (κ3) is 2.63. The molecule has 22 heavy (non-hydrogen) atoms. The third-order valence-corrected chi connectivity index (χ3v) is 5.79. The second-order valence-corrected chi connectivity index (χ2v) is 7.13. The van der Waals surface area contributed by atoms with Gasteiger partial charge >= 0.3 is 0 Å². The quantitative estimate of drug-likeness (QED) is 0.945. The second-order valence-electron chi connectivity index (χ2n) is 5.98. The van der Waals surface area contributed by atoms with E-state index in [2.05, 4.69) is 33.8 Å². The Morgan fingerprint density at radius 2 is 2.18 bits per heavy atom. The number of rotatable bonds is 3. The normalized spacial score (nSPS) is 21.8. The van der Waals surface area contributed by atoms with Crippen molar-refractivity contribution < 1.29 is 4.74 Å². The van der Waals surface area contributed by atoms with Crippen molar-refractivity contribution in [1.29, 1.82) is 0 Å². The van der Waals surface area contributed by atoms with Gasteiger partial charge in [0.25, 0.3) is 0 Å². The van der Waals surface area contributed by atoms with Crippen molar-refractivity contribution in [1.82, 2.24) is 14.9 Å². The number of hydrogen-bond acceptors (Lipinski definition) is 4. The molecule has 1 saturated heterocycles. The molecule has 3 heterocycles. The van der Waals surface area contributed by atoms with Crippen molar-refractivity contribution in [3.8, 4) is 17.1 Å². The zero-order valence-corrected chi connectivity index (χ0v) is 13.7. The van der Waals surface area contributed by atoms with Crippen LogP contribution in [-0.4, -0.2) is 46.1 Å². The summed E-state index contributed by atoms with van der Waals surface area (Å²) in [6, 6.07) is 8.85. The molecule has 0 amide bonds. The van der Waals surface area contributed by atoms with Gasteiger partial charge in [-0.3, -0.25) is 4.90 Å². The van der Waals surface area contributed by atoms with E-state index in [4.69, 9.17) is 9.72 Å². The lowest BCUT2D eigenvalue weighted by molar-refractivity contribution is 0.191. The average molecular weight is 315 g/mol. The van der Waals surface area contributed by atoms with Crippen molar-refractivity contribution in [2.45, 2.75) is 25.4 Å². The number of imidazole rings is 1. The molecule has 2 aliphatic heterocycles. The average Bonchev–Trinajstić information content (AvgIpc) is 3.23. The molecule has 116 valence electrons. The number of aromatic nitrogens is 2. The Kier molecular flexibility index (Phi) is 3.84. The number of hydrogen-bond donors (Lipinski definition) is 1. The minimum absolute atomic E-state index is 0.755. The van der Waals surface area contributed by atoms with Crippen LogP contribution in [0.1, 0.15) is 17.8 Å². The van der Waals surface area contributed by atoms with E-state index in [1.54, 1.807) is 7.11 Å². The fraction of sp³-hybridized carbons (Fsp3) is 0.471. The Balaban J connectivity index is 1.55. The van der Waals surface area contributed by atoms with E-state index in [0.717, 1.165) is 42.7 Å². The van der Waals surface area contributed by atoms with Crippen LogP contribution in [-0.2, 0) is 13.0 Å². The first-order chi connectivity index (χ1) is 10.8. The fourth-order valence-electron chi connectivity index (χ4n) is 3.32. The van der Waals surface area contributed by atoms with E-state index in [1.807, 2.05) is 12.1 Å². The Morgan fingerprint density at radius 1 is 1.32 bits per heavy atom. The smallest absolute Gasteiger partial charge is 0.137 e. The van der Waals surface area contributed by atoms with Crippen LogP contribution in [0.2, 0.25) is 0 Å². The minimum atomic E-state index is 0.755. The van der Waals surface area contributed by atoms with Gasteiger partial charge in [0.2, 0.25) is 0 Å². The molecule has 1 N–H and O–H groups in total. The van der Waals surface area contributed by atoms with Gasteiger partial charge in [0.15, 0.2) is 0 Å². The maximum absolute atomic E-state index is 5.22. The van der Waals surface area contributed by atoms with E-state index < -0.39 is 0 Å². The highest BCUT2D eigenvalue weighted by Crippen LogP contribution is 2.29. The van der Waals surface area contributed by atoms with Gasteiger partial charge in [-0.1, -0.05) is 0 Å². The van der Waals surface area contributed by atoms with Crippen LogP contribution in [0.3, 0.4) is 0 Å². The topological polar surface area (TPSA) is 41.1 Å². The van der Waals surface area contributed by atoms with Gasteiger partial charge in [-0.05, 0) is 36.4 Å². The lowest BCUT2D eigenvalue weighted by atomic mass is 10.1. The van der Waals surface area contributed by atoms with Crippen LogP contribution in [0.4, 0.5) is 0 Å². The standard InChI is InChI=1S/C17H21N3OS/c1-21-14-4-2-12(3-5-14)17-18-15-6-8-20(10-16(15)19-17)13-7-9-22-11-13/h2-5,13H,6-11H2,1H3,(H,18,19). The first-order valence-electron chi connectivity index (χ1n) is 7.87. The van der Waals surface area contributed by atoms with E-state index in [9.17, 15) is 0 Å². The Hall–Kier alpha value is -1.46. The number of H-pyrrole nitrogens is 1. The van der Waals surface area contributed by atoms with Gasteiger partial charge in [-0.15, -0.1) is 0 Å².